The first-order valence-corrected chi connectivity index (χ1v) is 7.56. The van der Waals surface area contributed by atoms with Gasteiger partial charge in [0.2, 0.25) is 0 Å². The Bertz CT molecular complexity index is 554. The maximum absolute atomic E-state index is 5.43. The normalized spacial score (nSPS) is 12.2. The van der Waals surface area contributed by atoms with Crippen molar-refractivity contribution in [3.8, 4) is 5.75 Å². The summed E-state index contributed by atoms with van der Waals surface area (Å²) < 4.78 is 6.47. The smallest absolute Gasteiger partial charge is 0.142 e. The van der Waals surface area contributed by atoms with Gasteiger partial charge in [0, 0.05) is 4.47 Å². The molecule has 0 spiro atoms. The van der Waals surface area contributed by atoms with Gasteiger partial charge in [-0.25, -0.2) is 0 Å². The molecule has 0 aliphatic heterocycles. The molecule has 0 aliphatic rings. The Balaban J connectivity index is 2.32. The topological polar surface area (TPSA) is 21.3 Å². The molecular formula is C17H20BrNO. The monoisotopic (exact) mass is 333 g/mol. The van der Waals surface area contributed by atoms with Gasteiger partial charge in [0.1, 0.15) is 5.75 Å². The van der Waals surface area contributed by atoms with Crippen LogP contribution in [0.2, 0.25) is 0 Å². The minimum atomic E-state index is 0.249. The van der Waals surface area contributed by atoms with Crippen LogP contribution in [0.25, 0.3) is 0 Å². The molecule has 20 heavy (non-hydrogen) atoms. The second-order valence-corrected chi connectivity index (χ2v) is 6.04. The Morgan fingerprint density at radius 1 is 1.05 bits per heavy atom. The van der Waals surface area contributed by atoms with E-state index in [4.69, 9.17) is 4.74 Å². The molecule has 1 N–H and O–H groups in total. The molecule has 0 amide bonds. The predicted molar refractivity (Wildman–Crippen MR) is 88.3 cm³/mol. The van der Waals surface area contributed by atoms with Crippen molar-refractivity contribution in [2.75, 3.05) is 12.4 Å². The number of halogens is 1. The number of anilines is 1. The van der Waals surface area contributed by atoms with Gasteiger partial charge in [-0.1, -0.05) is 60.1 Å². The van der Waals surface area contributed by atoms with Crippen LogP contribution in [0.3, 0.4) is 0 Å². The summed E-state index contributed by atoms with van der Waals surface area (Å²) in [6.45, 7) is 4.43. The molecule has 2 nitrogen and oxygen atoms in total. The highest BCUT2D eigenvalue weighted by molar-refractivity contribution is 9.10. The third-order valence-electron chi connectivity index (χ3n) is 3.30. The van der Waals surface area contributed by atoms with E-state index in [2.05, 4.69) is 65.4 Å². The third-order valence-corrected chi connectivity index (χ3v) is 3.79. The van der Waals surface area contributed by atoms with E-state index in [1.165, 1.54) is 5.56 Å². The Kier molecular flexibility index (Phi) is 5.07. The van der Waals surface area contributed by atoms with Gasteiger partial charge in [-0.3, -0.25) is 0 Å². The molecule has 0 bridgehead atoms. The molecule has 3 heteroatoms. The van der Waals surface area contributed by atoms with Crippen LogP contribution in [0, 0.1) is 5.92 Å². The van der Waals surface area contributed by atoms with Crippen molar-refractivity contribution >= 4 is 21.6 Å². The molecular weight excluding hydrogens is 314 g/mol. The average molecular weight is 334 g/mol. The van der Waals surface area contributed by atoms with Crippen molar-refractivity contribution in [2.24, 2.45) is 5.92 Å². The Morgan fingerprint density at radius 3 is 2.35 bits per heavy atom. The number of methoxy groups -OCH3 is 1. The van der Waals surface area contributed by atoms with E-state index in [1.807, 2.05) is 18.2 Å². The van der Waals surface area contributed by atoms with Crippen LogP contribution < -0.4 is 10.1 Å². The van der Waals surface area contributed by atoms with E-state index in [1.54, 1.807) is 7.11 Å². The first-order valence-electron chi connectivity index (χ1n) is 6.77. The van der Waals surface area contributed by atoms with E-state index < -0.39 is 0 Å². The van der Waals surface area contributed by atoms with Gasteiger partial charge in [-0.2, -0.15) is 0 Å². The second-order valence-electron chi connectivity index (χ2n) is 5.12. The minimum Gasteiger partial charge on any atom is -0.495 e. The number of nitrogens with one attached hydrogen (secondary N) is 1. The van der Waals surface area contributed by atoms with Gasteiger partial charge in [0.15, 0.2) is 0 Å². The molecule has 0 heterocycles. The molecule has 2 aromatic carbocycles. The van der Waals surface area contributed by atoms with Gasteiger partial charge in [0.25, 0.3) is 0 Å². The minimum absolute atomic E-state index is 0.249. The summed E-state index contributed by atoms with van der Waals surface area (Å²) in [4.78, 5) is 0. The third kappa shape index (κ3) is 3.54. The molecule has 1 atom stereocenters. The zero-order chi connectivity index (χ0) is 14.5. The summed E-state index contributed by atoms with van der Waals surface area (Å²) in [5.41, 5.74) is 2.29. The first-order chi connectivity index (χ1) is 9.61. The van der Waals surface area contributed by atoms with Crippen molar-refractivity contribution in [3.05, 3.63) is 58.6 Å². The number of benzene rings is 2. The molecule has 0 radical (unpaired) electrons. The fraction of sp³-hybridized carbons (Fsp3) is 0.294. The lowest BCUT2D eigenvalue weighted by atomic mass is 9.95. The lowest BCUT2D eigenvalue weighted by molar-refractivity contribution is 0.415. The Hall–Kier alpha value is -1.48. The average Bonchev–Trinajstić information content (AvgIpc) is 2.45. The lowest BCUT2D eigenvalue weighted by Crippen LogP contribution is -2.17. The quantitative estimate of drug-likeness (QED) is 0.804. The largest absolute Gasteiger partial charge is 0.495 e. The summed E-state index contributed by atoms with van der Waals surface area (Å²) in [5, 5.41) is 3.60. The van der Waals surface area contributed by atoms with Crippen LogP contribution in [0.1, 0.15) is 25.5 Å². The Labute approximate surface area is 129 Å². The van der Waals surface area contributed by atoms with Crippen LogP contribution >= 0.6 is 15.9 Å². The molecule has 0 fully saturated rings. The van der Waals surface area contributed by atoms with Gasteiger partial charge in [0.05, 0.1) is 18.8 Å². The number of hydrogen-bond acceptors (Lipinski definition) is 2. The van der Waals surface area contributed by atoms with Crippen molar-refractivity contribution in [2.45, 2.75) is 19.9 Å². The molecule has 2 aromatic rings. The van der Waals surface area contributed by atoms with Crippen molar-refractivity contribution in [1.29, 1.82) is 0 Å². The van der Waals surface area contributed by atoms with Gasteiger partial charge in [-0.15, -0.1) is 0 Å². The molecule has 0 aromatic heterocycles. The van der Waals surface area contributed by atoms with Gasteiger partial charge >= 0.3 is 0 Å². The predicted octanol–water partition coefficient (Wildman–Crippen LogP) is 5.27. The molecule has 0 aliphatic carbocycles. The summed E-state index contributed by atoms with van der Waals surface area (Å²) >= 11 is 3.51. The standard InChI is InChI=1S/C17H20BrNO/c1-12(2)17(13-7-5-4-6-8-13)19-15-11-14(18)9-10-16(15)20-3/h4-12,17,19H,1-3H3. The summed E-state index contributed by atoms with van der Waals surface area (Å²) in [5.74, 6) is 1.33. The Morgan fingerprint density at radius 2 is 1.75 bits per heavy atom. The summed E-state index contributed by atoms with van der Waals surface area (Å²) in [6.07, 6.45) is 0. The van der Waals surface area contributed by atoms with Crippen molar-refractivity contribution in [1.82, 2.24) is 0 Å². The molecule has 2 rings (SSSR count). The molecule has 1 unspecified atom stereocenters. The molecule has 0 saturated carbocycles. The number of rotatable bonds is 5. The van der Waals surface area contributed by atoms with Crippen molar-refractivity contribution in [3.63, 3.8) is 0 Å². The fourth-order valence-electron chi connectivity index (χ4n) is 2.26. The van der Waals surface area contributed by atoms with Gasteiger partial charge in [-0.05, 0) is 29.7 Å². The van der Waals surface area contributed by atoms with Crippen LogP contribution in [-0.4, -0.2) is 7.11 Å². The van der Waals surface area contributed by atoms with E-state index in [-0.39, 0.29) is 6.04 Å². The highest BCUT2D eigenvalue weighted by Crippen LogP contribution is 2.33. The zero-order valence-corrected chi connectivity index (χ0v) is 13.6. The number of hydrogen-bond donors (Lipinski definition) is 1. The fourth-order valence-corrected chi connectivity index (χ4v) is 2.62. The van der Waals surface area contributed by atoms with Crippen LogP contribution in [0.15, 0.2) is 53.0 Å². The molecule has 0 saturated heterocycles. The molecule has 106 valence electrons. The van der Waals surface area contributed by atoms with E-state index >= 15 is 0 Å². The van der Waals surface area contributed by atoms with Crippen LogP contribution in [0.5, 0.6) is 5.75 Å². The summed E-state index contributed by atoms with van der Waals surface area (Å²) in [7, 11) is 1.70. The lowest BCUT2D eigenvalue weighted by Gasteiger charge is -2.25. The first kappa shape index (κ1) is 14.9. The van der Waals surface area contributed by atoms with E-state index in [9.17, 15) is 0 Å². The van der Waals surface area contributed by atoms with Crippen LogP contribution in [0.4, 0.5) is 5.69 Å². The van der Waals surface area contributed by atoms with E-state index in [0.29, 0.717) is 5.92 Å². The van der Waals surface area contributed by atoms with E-state index in [0.717, 1.165) is 15.9 Å². The highest BCUT2D eigenvalue weighted by atomic mass is 79.9. The maximum atomic E-state index is 5.43. The maximum Gasteiger partial charge on any atom is 0.142 e. The zero-order valence-electron chi connectivity index (χ0n) is 12.1. The second kappa shape index (κ2) is 6.80. The van der Waals surface area contributed by atoms with Gasteiger partial charge < -0.3 is 10.1 Å². The SMILES string of the molecule is COc1ccc(Br)cc1NC(c1ccccc1)C(C)C. The summed E-state index contributed by atoms with van der Waals surface area (Å²) in [6, 6.07) is 16.8. The van der Waals surface area contributed by atoms with Crippen LogP contribution in [-0.2, 0) is 0 Å². The van der Waals surface area contributed by atoms with Crippen molar-refractivity contribution < 1.29 is 4.74 Å². The highest BCUT2D eigenvalue weighted by Gasteiger charge is 2.17. The number of ether oxygens (including phenoxy) is 1.